The minimum atomic E-state index is -1.04. The molecule has 0 bridgehead atoms. The van der Waals surface area contributed by atoms with Crippen LogP contribution in [0.5, 0.6) is 0 Å². The number of aryl methyl sites for hydroxylation is 1. The summed E-state index contributed by atoms with van der Waals surface area (Å²) in [5, 5.41) is 8.89. The molecule has 1 saturated heterocycles. The van der Waals surface area contributed by atoms with Crippen molar-refractivity contribution in [1.29, 1.82) is 0 Å². The summed E-state index contributed by atoms with van der Waals surface area (Å²) in [6.07, 6.45) is 0.842. The van der Waals surface area contributed by atoms with Gasteiger partial charge in [-0.25, -0.2) is 4.79 Å². The van der Waals surface area contributed by atoms with Gasteiger partial charge < -0.3 is 19.3 Å². The van der Waals surface area contributed by atoms with Gasteiger partial charge in [-0.2, -0.15) is 0 Å². The molecule has 7 heteroatoms. The van der Waals surface area contributed by atoms with E-state index in [1.165, 1.54) is 4.90 Å². The largest absolute Gasteiger partial charge is 0.479 e. The van der Waals surface area contributed by atoms with Crippen molar-refractivity contribution in [2.75, 3.05) is 19.7 Å². The van der Waals surface area contributed by atoms with Gasteiger partial charge in [-0.05, 0) is 22.0 Å². The maximum atomic E-state index is 12.2. The molecule has 1 aliphatic rings. The first-order chi connectivity index (χ1) is 8.49. The topological polar surface area (TPSA) is 71.8 Å². The molecule has 1 aromatic rings. The molecular formula is C11H13BrN2O4. The number of morpholine rings is 1. The van der Waals surface area contributed by atoms with Gasteiger partial charge in [-0.1, -0.05) is 0 Å². The average Bonchev–Trinajstić information content (AvgIpc) is 2.67. The zero-order valence-corrected chi connectivity index (χ0v) is 11.4. The van der Waals surface area contributed by atoms with Crippen molar-refractivity contribution in [2.24, 2.45) is 7.05 Å². The van der Waals surface area contributed by atoms with Gasteiger partial charge in [0.25, 0.3) is 5.91 Å². The molecule has 1 N–H and O–H groups in total. The van der Waals surface area contributed by atoms with Gasteiger partial charge in [0.05, 0.1) is 13.2 Å². The van der Waals surface area contributed by atoms with Crippen molar-refractivity contribution >= 4 is 27.8 Å². The van der Waals surface area contributed by atoms with Crippen LogP contribution in [-0.2, 0) is 16.6 Å². The summed E-state index contributed by atoms with van der Waals surface area (Å²) in [6.45, 7) is 0.733. The number of aliphatic carboxylic acids is 1. The Labute approximate surface area is 112 Å². The normalized spacial score (nSPS) is 19.9. The summed E-state index contributed by atoms with van der Waals surface area (Å²) in [5.74, 6) is -1.22. The van der Waals surface area contributed by atoms with E-state index >= 15 is 0 Å². The van der Waals surface area contributed by atoms with Crippen LogP contribution in [-0.4, -0.2) is 52.3 Å². The van der Waals surface area contributed by atoms with Crippen molar-refractivity contribution in [3.05, 3.63) is 22.4 Å². The number of carboxylic acids is 1. The molecule has 1 amide bonds. The lowest BCUT2D eigenvalue weighted by Crippen LogP contribution is -2.48. The first-order valence-electron chi connectivity index (χ1n) is 5.44. The zero-order valence-electron chi connectivity index (χ0n) is 9.80. The lowest BCUT2D eigenvalue weighted by atomic mass is 10.2. The molecule has 98 valence electrons. The Balaban J connectivity index is 2.14. The fourth-order valence-electron chi connectivity index (χ4n) is 1.88. The van der Waals surface area contributed by atoms with Gasteiger partial charge in [0.15, 0.2) is 6.10 Å². The predicted octanol–water partition coefficient (Wildman–Crippen LogP) is 0.713. The molecule has 2 rings (SSSR count). The molecule has 0 aliphatic carbocycles. The minimum Gasteiger partial charge on any atom is -0.479 e. The average molecular weight is 317 g/mol. The molecule has 1 aliphatic heterocycles. The van der Waals surface area contributed by atoms with Crippen LogP contribution in [0.1, 0.15) is 10.5 Å². The van der Waals surface area contributed by atoms with Crippen LogP contribution < -0.4 is 0 Å². The number of nitrogens with zero attached hydrogens (tertiary/aromatic N) is 2. The fraction of sp³-hybridized carbons (Fsp3) is 0.455. The summed E-state index contributed by atoms with van der Waals surface area (Å²) < 4.78 is 7.60. The number of hydrogen-bond donors (Lipinski definition) is 1. The van der Waals surface area contributed by atoms with Crippen molar-refractivity contribution in [1.82, 2.24) is 9.47 Å². The number of rotatable bonds is 2. The highest BCUT2D eigenvalue weighted by Crippen LogP contribution is 2.17. The third-order valence-electron chi connectivity index (χ3n) is 2.82. The SMILES string of the molecule is Cn1cc(Br)cc1C(=O)N1CCO[C@H](C(=O)O)C1. The molecule has 1 aromatic heterocycles. The van der Waals surface area contributed by atoms with E-state index in [1.54, 1.807) is 23.9 Å². The monoisotopic (exact) mass is 316 g/mol. The quantitative estimate of drug-likeness (QED) is 0.872. The fourth-order valence-corrected chi connectivity index (χ4v) is 2.41. The van der Waals surface area contributed by atoms with Gasteiger partial charge >= 0.3 is 5.97 Å². The van der Waals surface area contributed by atoms with Gasteiger partial charge in [-0.15, -0.1) is 0 Å². The molecule has 2 heterocycles. The summed E-state index contributed by atoms with van der Waals surface area (Å²) in [5.41, 5.74) is 0.521. The molecule has 0 aromatic carbocycles. The van der Waals surface area contributed by atoms with Crippen LogP contribution >= 0.6 is 15.9 Å². The lowest BCUT2D eigenvalue weighted by molar-refractivity contribution is -0.154. The molecule has 18 heavy (non-hydrogen) atoms. The van der Waals surface area contributed by atoms with Gasteiger partial charge in [0, 0.05) is 24.3 Å². The van der Waals surface area contributed by atoms with Gasteiger partial charge in [0.1, 0.15) is 5.69 Å². The van der Waals surface area contributed by atoms with Crippen LogP contribution in [0.25, 0.3) is 0 Å². The number of aromatic nitrogens is 1. The number of carbonyl (C=O) groups is 2. The molecule has 0 spiro atoms. The van der Waals surface area contributed by atoms with E-state index < -0.39 is 12.1 Å². The summed E-state index contributed by atoms with van der Waals surface area (Å²) in [4.78, 5) is 24.6. The van der Waals surface area contributed by atoms with Crippen LogP contribution in [0.3, 0.4) is 0 Å². The predicted molar refractivity (Wildman–Crippen MR) is 66.4 cm³/mol. The Kier molecular flexibility index (Phi) is 3.72. The molecule has 0 unspecified atom stereocenters. The number of carboxylic acid groups (broad SMARTS) is 1. The first-order valence-corrected chi connectivity index (χ1v) is 6.24. The number of halogens is 1. The Hall–Kier alpha value is -1.34. The third kappa shape index (κ3) is 2.56. The molecular weight excluding hydrogens is 304 g/mol. The second-order valence-corrected chi connectivity index (χ2v) is 5.02. The maximum absolute atomic E-state index is 12.2. The Morgan fingerprint density at radius 2 is 2.28 bits per heavy atom. The van der Waals surface area contributed by atoms with E-state index in [-0.39, 0.29) is 19.1 Å². The Morgan fingerprint density at radius 1 is 1.56 bits per heavy atom. The maximum Gasteiger partial charge on any atom is 0.334 e. The molecule has 1 atom stereocenters. The van der Waals surface area contributed by atoms with Crippen molar-refractivity contribution < 1.29 is 19.4 Å². The van der Waals surface area contributed by atoms with E-state index in [4.69, 9.17) is 9.84 Å². The highest BCUT2D eigenvalue weighted by molar-refractivity contribution is 9.10. The summed E-state index contributed by atoms with van der Waals surface area (Å²) in [6, 6.07) is 1.72. The highest BCUT2D eigenvalue weighted by Gasteiger charge is 2.30. The molecule has 0 saturated carbocycles. The van der Waals surface area contributed by atoms with Crippen molar-refractivity contribution in [3.8, 4) is 0 Å². The van der Waals surface area contributed by atoms with Gasteiger partial charge in [0.2, 0.25) is 0 Å². The summed E-state index contributed by atoms with van der Waals surface area (Å²) in [7, 11) is 1.77. The standard InChI is InChI=1S/C11H13BrN2O4/c1-13-5-7(12)4-8(13)10(15)14-2-3-18-9(6-14)11(16)17/h4-5,9H,2-3,6H2,1H3,(H,16,17)/t9-/m0/s1. The van der Waals surface area contributed by atoms with Gasteiger partial charge in [-0.3, -0.25) is 4.79 Å². The number of carbonyl (C=O) groups excluding carboxylic acids is 1. The Morgan fingerprint density at radius 3 is 2.83 bits per heavy atom. The number of hydrogen-bond acceptors (Lipinski definition) is 3. The second-order valence-electron chi connectivity index (χ2n) is 4.10. The highest BCUT2D eigenvalue weighted by atomic mass is 79.9. The number of amides is 1. The minimum absolute atomic E-state index is 0.0803. The van der Waals surface area contributed by atoms with Crippen molar-refractivity contribution in [2.45, 2.75) is 6.10 Å². The third-order valence-corrected chi connectivity index (χ3v) is 3.25. The van der Waals surface area contributed by atoms with E-state index in [1.807, 2.05) is 0 Å². The van der Waals surface area contributed by atoms with E-state index in [0.29, 0.717) is 12.2 Å². The molecule has 6 nitrogen and oxygen atoms in total. The van der Waals surface area contributed by atoms with E-state index in [9.17, 15) is 9.59 Å². The van der Waals surface area contributed by atoms with Crippen LogP contribution in [0.4, 0.5) is 0 Å². The number of ether oxygens (including phenoxy) is 1. The second kappa shape index (κ2) is 5.11. The zero-order chi connectivity index (χ0) is 13.3. The molecule has 1 fully saturated rings. The Bertz CT molecular complexity index is 485. The van der Waals surface area contributed by atoms with E-state index in [0.717, 1.165) is 4.47 Å². The first kappa shape index (κ1) is 13.1. The van der Waals surface area contributed by atoms with Crippen LogP contribution in [0.2, 0.25) is 0 Å². The van der Waals surface area contributed by atoms with Crippen molar-refractivity contribution in [3.63, 3.8) is 0 Å². The van der Waals surface area contributed by atoms with Crippen LogP contribution in [0, 0.1) is 0 Å². The van der Waals surface area contributed by atoms with E-state index in [2.05, 4.69) is 15.9 Å². The van der Waals surface area contributed by atoms with Crippen LogP contribution in [0.15, 0.2) is 16.7 Å². The summed E-state index contributed by atoms with van der Waals surface area (Å²) >= 11 is 3.30. The lowest BCUT2D eigenvalue weighted by Gasteiger charge is -2.30. The molecule has 0 radical (unpaired) electrons. The smallest absolute Gasteiger partial charge is 0.334 e.